The molecule has 0 fully saturated rings. The molecule has 0 atom stereocenters. The first-order valence-electron chi connectivity index (χ1n) is 6.39. The number of furan rings is 1. The standard InChI is InChI=1S/C14H19N3O3/c1-9-12(10(2)17(3)16-9)8-15-7-11-5-6-13(20-11)14(18)19-4/h5-6,15H,7-8H2,1-4H3. The van der Waals surface area contributed by atoms with Crippen LogP contribution in [0.15, 0.2) is 16.5 Å². The minimum absolute atomic E-state index is 0.220. The van der Waals surface area contributed by atoms with Crippen LogP contribution in [0.4, 0.5) is 0 Å². The summed E-state index contributed by atoms with van der Waals surface area (Å²) in [4.78, 5) is 11.3. The summed E-state index contributed by atoms with van der Waals surface area (Å²) in [7, 11) is 3.26. The summed E-state index contributed by atoms with van der Waals surface area (Å²) >= 11 is 0. The van der Waals surface area contributed by atoms with Crippen molar-refractivity contribution < 1.29 is 13.9 Å². The van der Waals surface area contributed by atoms with E-state index in [4.69, 9.17) is 4.42 Å². The normalized spacial score (nSPS) is 10.8. The van der Waals surface area contributed by atoms with Gasteiger partial charge >= 0.3 is 5.97 Å². The van der Waals surface area contributed by atoms with E-state index in [-0.39, 0.29) is 5.76 Å². The van der Waals surface area contributed by atoms with Crippen LogP contribution in [-0.4, -0.2) is 22.9 Å². The highest BCUT2D eigenvalue weighted by Gasteiger charge is 2.12. The van der Waals surface area contributed by atoms with Crippen LogP contribution in [0.3, 0.4) is 0 Å². The van der Waals surface area contributed by atoms with Crippen molar-refractivity contribution in [3.8, 4) is 0 Å². The van der Waals surface area contributed by atoms with Crippen molar-refractivity contribution in [3.63, 3.8) is 0 Å². The van der Waals surface area contributed by atoms with Gasteiger partial charge in [-0.3, -0.25) is 4.68 Å². The van der Waals surface area contributed by atoms with Gasteiger partial charge in [0.15, 0.2) is 0 Å². The Morgan fingerprint density at radius 2 is 2.15 bits per heavy atom. The van der Waals surface area contributed by atoms with Crippen molar-refractivity contribution in [1.82, 2.24) is 15.1 Å². The summed E-state index contributed by atoms with van der Waals surface area (Å²) in [5, 5.41) is 7.65. The summed E-state index contributed by atoms with van der Waals surface area (Å²) in [6.45, 7) is 5.29. The van der Waals surface area contributed by atoms with E-state index >= 15 is 0 Å². The van der Waals surface area contributed by atoms with Crippen LogP contribution in [0, 0.1) is 13.8 Å². The van der Waals surface area contributed by atoms with Gasteiger partial charge in [0.2, 0.25) is 5.76 Å². The molecule has 0 spiro atoms. The number of ether oxygens (including phenoxy) is 1. The molecule has 0 saturated carbocycles. The first-order chi connectivity index (χ1) is 9.52. The number of carbonyl (C=O) groups excluding carboxylic acids is 1. The number of esters is 1. The molecular formula is C14H19N3O3. The maximum absolute atomic E-state index is 11.3. The Hall–Kier alpha value is -2.08. The van der Waals surface area contributed by atoms with Crippen LogP contribution in [0.5, 0.6) is 0 Å². The van der Waals surface area contributed by atoms with E-state index in [1.54, 1.807) is 12.1 Å². The zero-order valence-corrected chi connectivity index (χ0v) is 12.2. The molecule has 2 rings (SSSR count). The van der Waals surface area contributed by atoms with Crippen LogP contribution < -0.4 is 5.32 Å². The van der Waals surface area contributed by atoms with Crippen molar-refractivity contribution in [1.29, 1.82) is 0 Å². The molecule has 0 aliphatic rings. The smallest absolute Gasteiger partial charge is 0.373 e. The molecule has 0 aliphatic carbocycles. The lowest BCUT2D eigenvalue weighted by molar-refractivity contribution is 0.0563. The quantitative estimate of drug-likeness (QED) is 0.842. The Morgan fingerprint density at radius 1 is 1.40 bits per heavy atom. The van der Waals surface area contributed by atoms with E-state index in [2.05, 4.69) is 15.2 Å². The molecule has 6 heteroatoms. The lowest BCUT2D eigenvalue weighted by atomic mass is 10.2. The summed E-state index contributed by atoms with van der Waals surface area (Å²) in [5.41, 5.74) is 3.35. The van der Waals surface area contributed by atoms with Crippen LogP contribution in [0.25, 0.3) is 0 Å². The van der Waals surface area contributed by atoms with Crippen molar-refractivity contribution in [2.45, 2.75) is 26.9 Å². The SMILES string of the molecule is COC(=O)c1ccc(CNCc2c(C)nn(C)c2C)o1. The van der Waals surface area contributed by atoms with Crippen molar-refractivity contribution in [3.05, 3.63) is 40.6 Å². The van der Waals surface area contributed by atoms with E-state index in [0.29, 0.717) is 18.8 Å². The number of nitrogens with one attached hydrogen (secondary N) is 1. The maximum Gasteiger partial charge on any atom is 0.373 e. The molecule has 0 radical (unpaired) electrons. The fourth-order valence-electron chi connectivity index (χ4n) is 2.07. The third-order valence-electron chi connectivity index (χ3n) is 3.31. The zero-order chi connectivity index (χ0) is 14.7. The Labute approximate surface area is 117 Å². The fraction of sp³-hybridized carbons (Fsp3) is 0.429. The second-order valence-electron chi connectivity index (χ2n) is 4.63. The first kappa shape index (κ1) is 14.3. The summed E-state index contributed by atoms with van der Waals surface area (Å²) in [5.74, 6) is 0.456. The molecule has 0 amide bonds. The Morgan fingerprint density at radius 3 is 2.75 bits per heavy atom. The largest absolute Gasteiger partial charge is 0.463 e. The summed E-state index contributed by atoms with van der Waals surface area (Å²) < 4.78 is 11.8. The lowest BCUT2D eigenvalue weighted by Gasteiger charge is -2.03. The first-order valence-corrected chi connectivity index (χ1v) is 6.39. The molecule has 0 unspecified atom stereocenters. The number of hydrogen-bond acceptors (Lipinski definition) is 5. The molecule has 0 bridgehead atoms. The van der Waals surface area contributed by atoms with Gasteiger partial charge in [0.05, 0.1) is 19.3 Å². The highest BCUT2D eigenvalue weighted by Crippen LogP contribution is 2.12. The predicted molar refractivity (Wildman–Crippen MR) is 73.3 cm³/mol. The van der Waals surface area contributed by atoms with Gasteiger partial charge in [0.1, 0.15) is 5.76 Å². The molecular weight excluding hydrogens is 258 g/mol. The lowest BCUT2D eigenvalue weighted by Crippen LogP contribution is -2.13. The van der Waals surface area contributed by atoms with E-state index in [9.17, 15) is 4.79 Å². The molecule has 0 aromatic carbocycles. The molecule has 1 N–H and O–H groups in total. The van der Waals surface area contributed by atoms with E-state index in [0.717, 1.165) is 11.4 Å². The van der Waals surface area contributed by atoms with Gasteiger partial charge in [-0.05, 0) is 26.0 Å². The van der Waals surface area contributed by atoms with Crippen LogP contribution in [0.1, 0.15) is 33.3 Å². The highest BCUT2D eigenvalue weighted by molar-refractivity contribution is 5.86. The number of carbonyl (C=O) groups is 1. The molecule has 108 valence electrons. The van der Waals surface area contributed by atoms with E-state index in [1.807, 2.05) is 25.6 Å². The zero-order valence-electron chi connectivity index (χ0n) is 12.2. The summed E-state index contributed by atoms with van der Waals surface area (Å²) in [6, 6.07) is 3.38. The number of aryl methyl sites for hydroxylation is 2. The number of rotatable bonds is 5. The fourth-order valence-corrected chi connectivity index (χ4v) is 2.07. The molecule has 0 saturated heterocycles. The molecule has 6 nitrogen and oxygen atoms in total. The third-order valence-corrected chi connectivity index (χ3v) is 3.31. The van der Waals surface area contributed by atoms with Crippen LogP contribution in [-0.2, 0) is 24.9 Å². The average molecular weight is 277 g/mol. The Balaban J connectivity index is 1.93. The number of aromatic nitrogens is 2. The molecule has 20 heavy (non-hydrogen) atoms. The van der Waals surface area contributed by atoms with Crippen molar-refractivity contribution in [2.24, 2.45) is 7.05 Å². The highest BCUT2D eigenvalue weighted by atomic mass is 16.5. The van der Waals surface area contributed by atoms with Crippen LogP contribution >= 0.6 is 0 Å². The van der Waals surface area contributed by atoms with Gasteiger partial charge in [0, 0.05) is 24.8 Å². The minimum atomic E-state index is -0.463. The monoisotopic (exact) mass is 277 g/mol. The second-order valence-corrected chi connectivity index (χ2v) is 4.63. The maximum atomic E-state index is 11.3. The van der Waals surface area contributed by atoms with Crippen molar-refractivity contribution in [2.75, 3.05) is 7.11 Å². The average Bonchev–Trinajstić information content (AvgIpc) is 2.98. The van der Waals surface area contributed by atoms with Gasteiger partial charge < -0.3 is 14.5 Å². The van der Waals surface area contributed by atoms with E-state index < -0.39 is 5.97 Å². The van der Waals surface area contributed by atoms with Gasteiger partial charge in [-0.1, -0.05) is 0 Å². The molecule has 2 aromatic heterocycles. The van der Waals surface area contributed by atoms with Gasteiger partial charge in [-0.15, -0.1) is 0 Å². The summed E-state index contributed by atoms with van der Waals surface area (Å²) in [6.07, 6.45) is 0. The molecule has 2 heterocycles. The molecule has 2 aromatic rings. The van der Waals surface area contributed by atoms with Crippen molar-refractivity contribution >= 4 is 5.97 Å². The number of methoxy groups -OCH3 is 1. The van der Waals surface area contributed by atoms with Gasteiger partial charge in [-0.2, -0.15) is 5.10 Å². The van der Waals surface area contributed by atoms with Gasteiger partial charge in [-0.25, -0.2) is 4.79 Å². The van der Waals surface area contributed by atoms with Crippen LogP contribution in [0.2, 0.25) is 0 Å². The Bertz CT molecular complexity index is 613. The third kappa shape index (κ3) is 2.91. The topological polar surface area (TPSA) is 69.3 Å². The Kier molecular flexibility index (Phi) is 4.24. The molecule has 0 aliphatic heterocycles. The number of nitrogens with zero attached hydrogens (tertiary/aromatic N) is 2. The number of hydrogen-bond donors (Lipinski definition) is 1. The van der Waals surface area contributed by atoms with E-state index in [1.165, 1.54) is 12.7 Å². The minimum Gasteiger partial charge on any atom is -0.463 e. The van der Waals surface area contributed by atoms with Gasteiger partial charge in [0.25, 0.3) is 0 Å². The second kappa shape index (κ2) is 5.92. The predicted octanol–water partition coefficient (Wildman–Crippen LogP) is 1.71.